The molecule has 1 heterocycles. The molecule has 3 N–H and O–H groups in total. The molecule has 1 aromatic heterocycles. The largest absolute Gasteiger partial charge is 0.465 e. The number of hydrogen-bond donors (Lipinski definition) is 2. The highest BCUT2D eigenvalue weighted by Gasteiger charge is 2.21. The van der Waals surface area contributed by atoms with E-state index < -0.39 is 5.97 Å². The molecule has 0 aromatic carbocycles. The minimum absolute atomic E-state index is 0.229. The fourth-order valence-electron chi connectivity index (χ4n) is 1.07. The Labute approximate surface area is 82.0 Å². The van der Waals surface area contributed by atoms with E-state index >= 15 is 0 Å². The van der Waals surface area contributed by atoms with Crippen LogP contribution in [0.4, 0.5) is 11.6 Å². The number of anilines is 2. The van der Waals surface area contributed by atoms with E-state index in [0.29, 0.717) is 5.82 Å². The van der Waals surface area contributed by atoms with Gasteiger partial charge in [0.05, 0.1) is 7.11 Å². The SMILES string of the molecule is CCN(C)c1n[nH]c(N)c1C(=O)OC. The lowest BCUT2D eigenvalue weighted by Gasteiger charge is -2.14. The molecule has 0 radical (unpaired) electrons. The van der Waals surface area contributed by atoms with Crippen LogP contribution in [-0.2, 0) is 4.74 Å². The van der Waals surface area contributed by atoms with Crippen LogP contribution in [0.2, 0.25) is 0 Å². The summed E-state index contributed by atoms with van der Waals surface area (Å²) in [4.78, 5) is 13.2. The number of ether oxygens (including phenoxy) is 1. The van der Waals surface area contributed by atoms with Crippen molar-refractivity contribution in [1.29, 1.82) is 0 Å². The summed E-state index contributed by atoms with van der Waals surface area (Å²) >= 11 is 0. The second kappa shape index (κ2) is 3.99. The van der Waals surface area contributed by atoms with Crippen LogP contribution >= 0.6 is 0 Å². The summed E-state index contributed by atoms with van der Waals surface area (Å²) in [7, 11) is 3.13. The Morgan fingerprint density at radius 1 is 1.71 bits per heavy atom. The third-order valence-electron chi connectivity index (χ3n) is 2.00. The highest BCUT2D eigenvalue weighted by molar-refractivity contribution is 5.99. The zero-order valence-electron chi connectivity index (χ0n) is 8.50. The monoisotopic (exact) mass is 198 g/mol. The van der Waals surface area contributed by atoms with E-state index in [4.69, 9.17) is 5.73 Å². The van der Waals surface area contributed by atoms with Gasteiger partial charge in [-0.3, -0.25) is 5.10 Å². The fraction of sp³-hybridized carbons (Fsp3) is 0.500. The van der Waals surface area contributed by atoms with Gasteiger partial charge < -0.3 is 15.4 Å². The number of aromatic nitrogens is 2. The van der Waals surface area contributed by atoms with Crippen LogP contribution in [0.25, 0.3) is 0 Å². The van der Waals surface area contributed by atoms with E-state index in [1.54, 1.807) is 4.90 Å². The van der Waals surface area contributed by atoms with Gasteiger partial charge in [0.1, 0.15) is 11.4 Å². The van der Waals surface area contributed by atoms with Gasteiger partial charge in [0, 0.05) is 13.6 Å². The number of H-pyrrole nitrogens is 1. The van der Waals surface area contributed by atoms with Crippen molar-refractivity contribution in [2.24, 2.45) is 0 Å². The van der Waals surface area contributed by atoms with E-state index in [0.717, 1.165) is 6.54 Å². The number of nitrogens with two attached hydrogens (primary N) is 1. The lowest BCUT2D eigenvalue weighted by atomic mass is 10.3. The van der Waals surface area contributed by atoms with Crippen molar-refractivity contribution in [1.82, 2.24) is 10.2 Å². The Balaban J connectivity index is 3.12. The first-order chi connectivity index (χ1) is 6.61. The van der Waals surface area contributed by atoms with E-state index in [1.807, 2.05) is 14.0 Å². The highest BCUT2D eigenvalue weighted by atomic mass is 16.5. The summed E-state index contributed by atoms with van der Waals surface area (Å²) in [5.41, 5.74) is 5.85. The Bertz CT molecular complexity index is 334. The van der Waals surface area contributed by atoms with Crippen molar-refractivity contribution < 1.29 is 9.53 Å². The topological polar surface area (TPSA) is 84.2 Å². The summed E-state index contributed by atoms with van der Waals surface area (Å²) in [6.07, 6.45) is 0. The van der Waals surface area contributed by atoms with Crippen LogP contribution < -0.4 is 10.6 Å². The molecule has 0 bridgehead atoms. The van der Waals surface area contributed by atoms with Crippen molar-refractivity contribution in [3.63, 3.8) is 0 Å². The molecule has 78 valence electrons. The molecule has 0 saturated carbocycles. The number of esters is 1. The molecular formula is C8H14N4O2. The highest BCUT2D eigenvalue weighted by Crippen LogP contribution is 2.22. The first-order valence-corrected chi connectivity index (χ1v) is 4.25. The van der Waals surface area contributed by atoms with Gasteiger partial charge in [0.2, 0.25) is 0 Å². The van der Waals surface area contributed by atoms with Gasteiger partial charge in [-0.1, -0.05) is 0 Å². The van der Waals surface area contributed by atoms with Gasteiger partial charge in [-0.05, 0) is 6.92 Å². The van der Waals surface area contributed by atoms with Crippen LogP contribution in [0.15, 0.2) is 0 Å². The summed E-state index contributed by atoms with van der Waals surface area (Å²) < 4.78 is 4.61. The fourth-order valence-corrected chi connectivity index (χ4v) is 1.07. The average molecular weight is 198 g/mol. The Morgan fingerprint density at radius 2 is 2.36 bits per heavy atom. The predicted molar refractivity (Wildman–Crippen MR) is 53.3 cm³/mol. The van der Waals surface area contributed by atoms with E-state index in [9.17, 15) is 4.79 Å². The summed E-state index contributed by atoms with van der Waals surface area (Å²) in [6, 6.07) is 0. The van der Waals surface area contributed by atoms with Crippen LogP contribution in [0, 0.1) is 0 Å². The second-order valence-electron chi connectivity index (χ2n) is 2.84. The van der Waals surface area contributed by atoms with Gasteiger partial charge in [-0.25, -0.2) is 4.79 Å². The minimum atomic E-state index is -0.480. The molecule has 0 aliphatic carbocycles. The van der Waals surface area contributed by atoms with E-state index in [1.165, 1.54) is 7.11 Å². The molecule has 6 nitrogen and oxygen atoms in total. The predicted octanol–water partition coefficient (Wildman–Crippen LogP) is 0.235. The molecule has 0 aliphatic rings. The molecule has 0 fully saturated rings. The Kier molecular flexibility index (Phi) is 2.95. The molecule has 1 aromatic rings. The first kappa shape index (κ1) is 10.4. The van der Waals surface area contributed by atoms with Crippen LogP contribution in [-0.4, -0.2) is 36.9 Å². The van der Waals surface area contributed by atoms with Crippen molar-refractivity contribution in [3.8, 4) is 0 Å². The molecule has 0 unspecified atom stereocenters. The summed E-state index contributed by atoms with van der Waals surface area (Å²) in [6.45, 7) is 2.68. The number of nitrogens with zero attached hydrogens (tertiary/aromatic N) is 2. The molecular weight excluding hydrogens is 184 g/mol. The molecule has 0 spiro atoms. The zero-order chi connectivity index (χ0) is 10.7. The zero-order valence-corrected chi connectivity index (χ0v) is 8.50. The Hall–Kier alpha value is -1.72. The number of carbonyl (C=O) groups excluding carboxylic acids is 1. The van der Waals surface area contributed by atoms with Gasteiger partial charge in [0.15, 0.2) is 5.82 Å². The molecule has 0 aliphatic heterocycles. The molecule has 1 rings (SSSR count). The van der Waals surface area contributed by atoms with Crippen LogP contribution in [0.1, 0.15) is 17.3 Å². The number of carbonyl (C=O) groups is 1. The van der Waals surface area contributed by atoms with E-state index in [-0.39, 0.29) is 11.4 Å². The smallest absolute Gasteiger partial charge is 0.345 e. The third-order valence-corrected chi connectivity index (χ3v) is 2.00. The summed E-state index contributed by atoms with van der Waals surface area (Å²) in [5, 5.41) is 6.48. The number of hydrogen-bond acceptors (Lipinski definition) is 5. The quantitative estimate of drug-likeness (QED) is 0.679. The Morgan fingerprint density at radius 3 is 2.86 bits per heavy atom. The number of rotatable bonds is 3. The maximum absolute atomic E-state index is 11.3. The first-order valence-electron chi connectivity index (χ1n) is 4.25. The summed E-state index contributed by atoms with van der Waals surface area (Å²) in [5.74, 6) is 0.260. The van der Waals surface area contributed by atoms with Gasteiger partial charge in [-0.15, -0.1) is 0 Å². The van der Waals surface area contributed by atoms with Gasteiger partial charge in [0.25, 0.3) is 0 Å². The maximum atomic E-state index is 11.3. The van der Waals surface area contributed by atoms with Crippen LogP contribution in [0.5, 0.6) is 0 Å². The second-order valence-corrected chi connectivity index (χ2v) is 2.84. The normalized spacial score (nSPS) is 9.93. The van der Waals surface area contributed by atoms with Gasteiger partial charge >= 0.3 is 5.97 Å². The molecule has 0 atom stereocenters. The number of aromatic amines is 1. The standard InChI is InChI=1S/C8H14N4O2/c1-4-12(2)7-5(8(13)14-3)6(9)10-11-7/h4H2,1-3H3,(H3,9,10,11). The number of nitrogen functional groups attached to an aromatic ring is 1. The van der Waals surface area contributed by atoms with E-state index in [2.05, 4.69) is 14.9 Å². The third kappa shape index (κ3) is 1.63. The van der Waals surface area contributed by atoms with Crippen molar-refractivity contribution >= 4 is 17.6 Å². The number of methoxy groups -OCH3 is 1. The number of nitrogens with one attached hydrogen (secondary N) is 1. The molecule has 0 amide bonds. The van der Waals surface area contributed by atoms with Crippen molar-refractivity contribution in [3.05, 3.63) is 5.56 Å². The van der Waals surface area contributed by atoms with Gasteiger partial charge in [-0.2, -0.15) is 5.10 Å². The molecule has 0 saturated heterocycles. The molecule has 6 heteroatoms. The van der Waals surface area contributed by atoms with Crippen LogP contribution in [0.3, 0.4) is 0 Å². The maximum Gasteiger partial charge on any atom is 0.345 e. The minimum Gasteiger partial charge on any atom is -0.465 e. The average Bonchev–Trinajstić information content (AvgIpc) is 2.58. The lowest BCUT2D eigenvalue weighted by molar-refractivity contribution is 0.0603. The van der Waals surface area contributed by atoms with Crippen molar-refractivity contribution in [2.45, 2.75) is 6.92 Å². The lowest BCUT2D eigenvalue weighted by Crippen LogP contribution is -2.19. The molecule has 14 heavy (non-hydrogen) atoms. The van der Waals surface area contributed by atoms with Crippen molar-refractivity contribution in [2.75, 3.05) is 31.3 Å².